The number of hydrogen-bond acceptors (Lipinski definition) is 5. The number of ketones is 2. The maximum Gasteiger partial charge on any atom is 0.223 e. The molecule has 2 aliphatic rings. The number of methoxy groups -OCH3 is 1. The minimum atomic E-state index is -0.533. The number of hydrogen-bond donors (Lipinski definition) is 0. The molecule has 31 heavy (non-hydrogen) atoms. The van der Waals surface area contributed by atoms with E-state index in [4.69, 9.17) is 9.47 Å². The summed E-state index contributed by atoms with van der Waals surface area (Å²) in [6.07, 6.45) is 1.93. The standard InChI is InChI=1S/C25H27NO5/c1-17-3-9-23-20(15-17)22(28)16-25(31-23)11-13-26(14-12-25)24(29)10-8-21(27)18-4-6-19(30-2)7-5-18/h3-7,9,15H,8,10-14,16H2,1-2H3. The lowest BCUT2D eigenvalue weighted by Crippen LogP contribution is -2.52. The van der Waals surface area contributed by atoms with E-state index < -0.39 is 5.60 Å². The Labute approximate surface area is 182 Å². The third-order valence-electron chi connectivity index (χ3n) is 6.25. The van der Waals surface area contributed by atoms with Crippen LogP contribution >= 0.6 is 0 Å². The molecule has 1 fully saturated rings. The SMILES string of the molecule is COc1ccc(C(=O)CCC(=O)N2CCC3(CC2)CC(=O)c2cc(C)ccc2O3)cc1. The molecule has 162 valence electrons. The van der Waals surface area contributed by atoms with Crippen molar-refractivity contribution in [2.75, 3.05) is 20.2 Å². The molecule has 4 rings (SSSR count). The summed E-state index contributed by atoms with van der Waals surface area (Å²) in [5.74, 6) is 1.35. The first-order chi connectivity index (χ1) is 14.9. The molecule has 0 N–H and O–H groups in total. The van der Waals surface area contributed by atoms with Gasteiger partial charge in [-0.1, -0.05) is 11.6 Å². The molecule has 1 amide bonds. The van der Waals surface area contributed by atoms with Gasteiger partial charge in [0.15, 0.2) is 11.6 Å². The van der Waals surface area contributed by atoms with Crippen molar-refractivity contribution < 1.29 is 23.9 Å². The van der Waals surface area contributed by atoms with Gasteiger partial charge in [-0.3, -0.25) is 14.4 Å². The molecule has 1 spiro atoms. The molecule has 0 radical (unpaired) electrons. The summed E-state index contributed by atoms with van der Waals surface area (Å²) in [6.45, 7) is 3.02. The normalized spacial score (nSPS) is 17.1. The first kappa shape index (κ1) is 21.1. The second kappa shape index (κ2) is 8.53. The van der Waals surface area contributed by atoms with E-state index in [9.17, 15) is 14.4 Å². The van der Waals surface area contributed by atoms with Gasteiger partial charge in [-0.25, -0.2) is 0 Å². The number of fused-ring (bicyclic) bond motifs is 1. The van der Waals surface area contributed by atoms with E-state index in [-0.39, 0.29) is 30.3 Å². The predicted octanol–water partition coefficient (Wildman–Crippen LogP) is 3.99. The number of Topliss-reactive ketones (excluding diaryl/α,β-unsaturated/α-hetero) is 2. The van der Waals surface area contributed by atoms with Crippen molar-refractivity contribution in [2.45, 2.75) is 44.6 Å². The Morgan fingerprint density at radius 3 is 2.45 bits per heavy atom. The molecule has 2 aliphatic heterocycles. The number of ether oxygens (including phenoxy) is 2. The van der Waals surface area contributed by atoms with E-state index in [1.807, 2.05) is 25.1 Å². The van der Waals surface area contributed by atoms with Crippen molar-refractivity contribution in [1.29, 1.82) is 0 Å². The number of amides is 1. The van der Waals surface area contributed by atoms with Crippen LogP contribution in [0.2, 0.25) is 0 Å². The summed E-state index contributed by atoms with van der Waals surface area (Å²) in [5, 5.41) is 0. The zero-order valence-corrected chi connectivity index (χ0v) is 18.0. The number of likely N-dealkylation sites (tertiary alicyclic amines) is 1. The molecule has 0 saturated carbocycles. The minimum absolute atomic E-state index is 0.0325. The van der Waals surface area contributed by atoms with E-state index in [0.717, 1.165) is 5.56 Å². The maximum atomic E-state index is 12.7. The molecule has 6 nitrogen and oxygen atoms in total. The van der Waals surface area contributed by atoms with Gasteiger partial charge in [-0.15, -0.1) is 0 Å². The van der Waals surface area contributed by atoms with Gasteiger partial charge in [0.05, 0.1) is 19.1 Å². The van der Waals surface area contributed by atoms with Crippen LogP contribution in [-0.2, 0) is 4.79 Å². The van der Waals surface area contributed by atoms with Gasteiger partial charge in [0.1, 0.15) is 17.1 Å². The predicted molar refractivity (Wildman–Crippen MR) is 116 cm³/mol. The molecule has 0 aromatic heterocycles. The summed E-state index contributed by atoms with van der Waals surface area (Å²) < 4.78 is 11.4. The molecule has 0 aliphatic carbocycles. The van der Waals surface area contributed by atoms with Crippen LogP contribution in [0.1, 0.15) is 58.4 Å². The Morgan fingerprint density at radius 1 is 1.06 bits per heavy atom. The van der Waals surface area contributed by atoms with Gasteiger partial charge in [0.2, 0.25) is 5.91 Å². The van der Waals surface area contributed by atoms with Gasteiger partial charge in [-0.2, -0.15) is 0 Å². The third kappa shape index (κ3) is 4.48. The molecule has 0 bridgehead atoms. The summed E-state index contributed by atoms with van der Waals surface area (Å²) in [4.78, 5) is 39.5. The molecular formula is C25H27NO5. The molecule has 2 aromatic rings. The van der Waals surface area contributed by atoms with Crippen LogP contribution in [0.15, 0.2) is 42.5 Å². The quantitative estimate of drug-likeness (QED) is 0.683. The number of rotatable bonds is 5. The lowest BCUT2D eigenvalue weighted by Gasteiger charge is -2.44. The van der Waals surface area contributed by atoms with Crippen molar-refractivity contribution in [3.63, 3.8) is 0 Å². The highest BCUT2D eigenvalue weighted by Gasteiger charge is 2.43. The Balaban J connectivity index is 1.31. The maximum absolute atomic E-state index is 12.7. The van der Waals surface area contributed by atoms with Gasteiger partial charge >= 0.3 is 0 Å². The highest BCUT2D eigenvalue weighted by Crippen LogP contribution is 2.39. The fourth-order valence-electron chi connectivity index (χ4n) is 4.35. The monoisotopic (exact) mass is 421 g/mol. The number of piperidine rings is 1. The van der Waals surface area contributed by atoms with Crippen molar-refractivity contribution >= 4 is 17.5 Å². The molecule has 6 heteroatoms. The van der Waals surface area contributed by atoms with Crippen molar-refractivity contribution in [3.8, 4) is 11.5 Å². The second-order valence-electron chi connectivity index (χ2n) is 8.42. The highest BCUT2D eigenvalue weighted by atomic mass is 16.5. The smallest absolute Gasteiger partial charge is 0.223 e. The molecule has 0 atom stereocenters. The molecule has 0 unspecified atom stereocenters. The number of nitrogens with zero attached hydrogens (tertiary/aromatic N) is 1. The van der Waals surface area contributed by atoms with E-state index in [2.05, 4.69) is 0 Å². The van der Waals surface area contributed by atoms with Crippen molar-refractivity contribution in [2.24, 2.45) is 0 Å². The number of aryl methyl sites for hydroxylation is 1. The second-order valence-corrected chi connectivity index (χ2v) is 8.42. The molecule has 2 heterocycles. The van der Waals surface area contributed by atoms with Crippen LogP contribution in [-0.4, -0.2) is 48.2 Å². The lowest BCUT2D eigenvalue weighted by molar-refractivity contribution is -0.134. The van der Waals surface area contributed by atoms with Gasteiger partial charge in [0.25, 0.3) is 0 Å². The fourth-order valence-corrected chi connectivity index (χ4v) is 4.35. The summed E-state index contributed by atoms with van der Waals surface area (Å²) in [5.41, 5.74) is 1.74. The minimum Gasteiger partial charge on any atom is -0.497 e. The Morgan fingerprint density at radius 2 is 1.77 bits per heavy atom. The average molecular weight is 421 g/mol. The Bertz CT molecular complexity index is 1000. The number of benzene rings is 2. The van der Waals surface area contributed by atoms with Crippen LogP contribution in [0.3, 0.4) is 0 Å². The molecule has 2 aromatic carbocycles. The summed E-state index contributed by atoms with van der Waals surface area (Å²) >= 11 is 0. The topological polar surface area (TPSA) is 72.9 Å². The van der Waals surface area contributed by atoms with E-state index in [1.54, 1.807) is 36.3 Å². The van der Waals surface area contributed by atoms with Crippen molar-refractivity contribution in [1.82, 2.24) is 4.90 Å². The first-order valence-corrected chi connectivity index (χ1v) is 10.7. The third-order valence-corrected chi connectivity index (χ3v) is 6.25. The molecular weight excluding hydrogens is 394 g/mol. The first-order valence-electron chi connectivity index (χ1n) is 10.7. The number of carbonyl (C=O) groups excluding carboxylic acids is 3. The van der Waals surface area contributed by atoms with Crippen LogP contribution in [0, 0.1) is 6.92 Å². The fraction of sp³-hybridized carbons (Fsp3) is 0.400. The molecule has 1 saturated heterocycles. The van der Waals surface area contributed by atoms with Crippen LogP contribution in [0.5, 0.6) is 11.5 Å². The van der Waals surface area contributed by atoms with Gasteiger partial charge in [-0.05, 0) is 43.3 Å². The Hall–Kier alpha value is -3.15. The lowest BCUT2D eigenvalue weighted by atomic mass is 9.82. The average Bonchev–Trinajstić information content (AvgIpc) is 2.78. The summed E-state index contributed by atoms with van der Waals surface area (Å²) in [7, 11) is 1.58. The van der Waals surface area contributed by atoms with Gasteiger partial charge in [0, 0.05) is 44.3 Å². The van der Waals surface area contributed by atoms with Crippen LogP contribution in [0.4, 0.5) is 0 Å². The highest BCUT2D eigenvalue weighted by molar-refractivity contribution is 6.00. The van der Waals surface area contributed by atoms with Gasteiger partial charge < -0.3 is 14.4 Å². The van der Waals surface area contributed by atoms with E-state index in [0.29, 0.717) is 55.0 Å². The van der Waals surface area contributed by atoms with E-state index >= 15 is 0 Å². The van der Waals surface area contributed by atoms with Crippen molar-refractivity contribution in [3.05, 3.63) is 59.2 Å². The van der Waals surface area contributed by atoms with E-state index in [1.165, 1.54) is 0 Å². The zero-order chi connectivity index (χ0) is 22.0. The van der Waals surface area contributed by atoms with Crippen LogP contribution in [0.25, 0.3) is 0 Å². The Kier molecular flexibility index (Phi) is 5.81. The number of carbonyl (C=O) groups is 3. The zero-order valence-electron chi connectivity index (χ0n) is 18.0. The van der Waals surface area contributed by atoms with Crippen LogP contribution < -0.4 is 9.47 Å². The largest absolute Gasteiger partial charge is 0.497 e. The summed E-state index contributed by atoms with van der Waals surface area (Å²) in [6, 6.07) is 12.6.